The van der Waals surface area contributed by atoms with Gasteiger partial charge in [-0.3, -0.25) is 4.79 Å². The Kier molecular flexibility index (Phi) is 5.91. The summed E-state index contributed by atoms with van der Waals surface area (Å²) in [7, 11) is 0. The van der Waals surface area contributed by atoms with E-state index in [1.54, 1.807) is 23.1 Å². The van der Waals surface area contributed by atoms with Crippen molar-refractivity contribution in [3.8, 4) is 0 Å². The number of rotatable bonds is 6. The standard InChI is InChI=1S/C23H25N5OS2/c1-15-7-5-11-18-21(15)24-19(25-22(18)29)14-31-23-27-26-20(13-17-10-6-12-30-17)28(23)16-8-3-2-4-9-16/h5-7,10-12,16H,2-4,8-9,13-14H2,1H3,(H,24,25,29). The Morgan fingerprint density at radius 3 is 2.84 bits per heavy atom. The van der Waals surface area contributed by atoms with Gasteiger partial charge in [-0.05, 0) is 42.8 Å². The van der Waals surface area contributed by atoms with E-state index >= 15 is 0 Å². The summed E-state index contributed by atoms with van der Waals surface area (Å²) in [6.07, 6.45) is 6.98. The maximum absolute atomic E-state index is 12.5. The zero-order valence-electron chi connectivity index (χ0n) is 17.5. The van der Waals surface area contributed by atoms with Crippen LogP contribution in [0.1, 0.15) is 60.2 Å². The highest BCUT2D eigenvalue weighted by atomic mass is 32.2. The number of nitrogens with one attached hydrogen (secondary N) is 1. The van der Waals surface area contributed by atoms with Gasteiger partial charge in [-0.25, -0.2) is 4.98 Å². The lowest BCUT2D eigenvalue weighted by molar-refractivity contribution is 0.330. The van der Waals surface area contributed by atoms with E-state index in [0.29, 0.717) is 23.0 Å². The molecule has 1 fully saturated rings. The number of hydrogen-bond donors (Lipinski definition) is 1. The van der Waals surface area contributed by atoms with E-state index in [1.165, 1.54) is 37.0 Å². The summed E-state index contributed by atoms with van der Waals surface area (Å²) in [6, 6.07) is 10.4. The summed E-state index contributed by atoms with van der Waals surface area (Å²) in [5.74, 6) is 2.27. The SMILES string of the molecule is Cc1cccc2c(=O)[nH]c(CSc3nnc(Cc4cccs4)n3C3CCCCC3)nc12. The maximum atomic E-state index is 12.5. The van der Waals surface area contributed by atoms with Crippen LogP contribution < -0.4 is 5.56 Å². The summed E-state index contributed by atoms with van der Waals surface area (Å²) in [5.41, 5.74) is 1.70. The van der Waals surface area contributed by atoms with Gasteiger partial charge in [0, 0.05) is 17.3 Å². The molecule has 1 aromatic carbocycles. The number of aromatic nitrogens is 5. The van der Waals surface area contributed by atoms with E-state index in [4.69, 9.17) is 4.98 Å². The van der Waals surface area contributed by atoms with Crippen molar-refractivity contribution in [1.29, 1.82) is 0 Å². The van der Waals surface area contributed by atoms with Crippen LogP contribution in [0.4, 0.5) is 0 Å². The van der Waals surface area contributed by atoms with Crippen molar-refractivity contribution in [3.05, 3.63) is 68.2 Å². The topological polar surface area (TPSA) is 76.5 Å². The Morgan fingerprint density at radius 2 is 2.03 bits per heavy atom. The molecular weight excluding hydrogens is 426 g/mol. The number of thiophene rings is 1. The molecule has 4 aromatic rings. The molecule has 0 spiro atoms. The summed E-state index contributed by atoms with van der Waals surface area (Å²) < 4.78 is 2.36. The molecule has 0 aliphatic heterocycles. The van der Waals surface area contributed by atoms with Crippen LogP contribution in [0, 0.1) is 6.92 Å². The van der Waals surface area contributed by atoms with E-state index in [-0.39, 0.29) is 5.56 Å². The van der Waals surface area contributed by atoms with Crippen LogP contribution in [0.2, 0.25) is 0 Å². The number of aryl methyl sites for hydroxylation is 1. The van der Waals surface area contributed by atoms with Gasteiger partial charge in [-0.15, -0.1) is 21.5 Å². The Hall–Kier alpha value is -2.45. The van der Waals surface area contributed by atoms with Crippen LogP contribution >= 0.6 is 23.1 Å². The van der Waals surface area contributed by atoms with Gasteiger partial charge < -0.3 is 9.55 Å². The number of thioether (sulfide) groups is 1. The molecule has 0 bridgehead atoms. The van der Waals surface area contributed by atoms with Gasteiger partial charge in [0.15, 0.2) is 5.16 Å². The molecule has 31 heavy (non-hydrogen) atoms. The molecule has 1 aliphatic rings. The smallest absolute Gasteiger partial charge is 0.258 e. The van der Waals surface area contributed by atoms with Crippen molar-refractivity contribution >= 4 is 34.0 Å². The van der Waals surface area contributed by atoms with Gasteiger partial charge in [-0.1, -0.05) is 49.2 Å². The van der Waals surface area contributed by atoms with Crippen molar-refractivity contribution < 1.29 is 0 Å². The Bertz CT molecular complexity index is 1240. The molecule has 8 heteroatoms. The second kappa shape index (κ2) is 8.96. The fraction of sp³-hybridized carbons (Fsp3) is 0.391. The van der Waals surface area contributed by atoms with Crippen LogP contribution in [0.25, 0.3) is 10.9 Å². The van der Waals surface area contributed by atoms with Crippen molar-refractivity contribution in [1.82, 2.24) is 24.7 Å². The summed E-state index contributed by atoms with van der Waals surface area (Å²) in [6.45, 7) is 1.99. The lowest BCUT2D eigenvalue weighted by Gasteiger charge is -2.25. The average molecular weight is 452 g/mol. The molecule has 160 valence electrons. The first-order chi connectivity index (χ1) is 15.2. The highest BCUT2D eigenvalue weighted by Crippen LogP contribution is 2.34. The van der Waals surface area contributed by atoms with E-state index in [9.17, 15) is 4.79 Å². The molecule has 0 unspecified atom stereocenters. The molecule has 6 nitrogen and oxygen atoms in total. The third-order valence-corrected chi connectivity index (χ3v) is 7.74. The lowest BCUT2D eigenvalue weighted by atomic mass is 9.95. The van der Waals surface area contributed by atoms with Crippen molar-refractivity contribution in [3.63, 3.8) is 0 Å². The molecule has 1 saturated carbocycles. The third kappa shape index (κ3) is 4.32. The number of para-hydroxylation sites is 1. The van der Waals surface area contributed by atoms with Gasteiger partial charge in [0.05, 0.1) is 16.7 Å². The fourth-order valence-corrected chi connectivity index (χ4v) is 5.95. The number of hydrogen-bond acceptors (Lipinski definition) is 6. The lowest BCUT2D eigenvalue weighted by Crippen LogP contribution is -2.17. The number of nitrogens with zero attached hydrogens (tertiary/aromatic N) is 4. The molecule has 5 rings (SSSR count). The summed E-state index contributed by atoms with van der Waals surface area (Å²) >= 11 is 3.37. The van der Waals surface area contributed by atoms with Crippen molar-refractivity contribution in [2.24, 2.45) is 0 Å². The van der Waals surface area contributed by atoms with E-state index in [0.717, 1.165) is 28.5 Å². The molecule has 0 atom stereocenters. The monoisotopic (exact) mass is 451 g/mol. The van der Waals surface area contributed by atoms with Crippen LogP contribution in [-0.2, 0) is 12.2 Å². The van der Waals surface area contributed by atoms with E-state index in [1.807, 2.05) is 25.1 Å². The van der Waals surface area contributed by atoms with Crippen LogP contribution in [0.15, 0.2) is 45.7 Å². The predicted molar refractivity (Wildman–Crippen MR) is 126 cm³/mol. The molecule has 3 aromatic heterocycles. The molecule has 1 aliphatic carbocycles. The fourth-order valence-electron chi connectivity index (χ4n) is 4.35. The minimum Gasteiger partial charge on any atom is -0.309 e. The van der Waals surface area contributed by atoms with Gasteiger partial charge in [-0.2, -0.15) is 0 Å². The highest BCUT2D eigenvalue weighted by molar-refractivity contribution is 7.98. The van der Waals surface area contributed by atoms with Gasteiger partial charge in [0.2, 0.25) is 0 Å². The van der Waals surface area contributed by atoms with Crippen LogP contribution in [-0.4, -0.2) is 24.7 Å². The Morgan fingerprint density at radius 1 is 1.16 bits per heavy atom. The highest BCUT2D eigenvalue weighted by Gasteiger charge is 2.23. The summed E-state index contributed by atoms with van der Waals surface area (Å²) in [4.78, 5) is 21.5. The first-order valence-electron chi connectivity index (χ1n) is 10.8. The van der Waals surface area contributed by atoms with Crippen molar-refractivity contribution in [2.75, 3.05) is 0 Å². The average Bonchev–Trinajstić information content (AvgIpc) is 3.44. The van der Waals surface area contributed by atoms with Gasteiger partial charge in [0.25, 0.3) is 5.56 Å². The maximum Gasteiger partial charge on any atom is 0.258 e. The second-order valence-electron chi connectivity index (χ2n) is 8.09. The molecular formula is C23H25N5OS2. The predicted octanol–water partition coefficient (Wildman–Crippen LogP) is 5.27. The quantitative estimate of drug-likeness (QED) is 0.404. The van der Waals surface area contributed by atoms with Crippen LogP contribution in [0.5, 0.6) is 0 Å². The molecule has 3 heterocycles. The van der Waals surface area contributed by atoms with Gasteiger partial charge in [0.1, 0.15) is 11.6 Å². The molecule has 0 saturated heterocycles. The Labute approximate surface area is 189 Å². The first-order valence-corrected chi connectivity index (χ1v) is 12.6. The number of fused-ring (bicyclic) bond motifs is 1. The number of H-pyrrole nitrogens is 1. The largest absolute Gasteiger partial charge is 0.309 e. The first kappa shape index (κ1) is 20.5. The Balaban J connectivity index is 1.43. The van der Waals surface area contributed by atoms with Crippen LogP contribution in [0.3, 0.4) is 0 Å². The van der Waals surface area contributed by atoms with E-state index < -0.39 is 0 Å². The molecule has 1 N–H and O–H groups in total. The van der Waals surface area contributed by atoms with Gasteiger partial charge >= 0.3 is 0 Å². The number of aromatic amines is 1. The second-order valence-corrected chi connectivity index (χ2v) is 10.1. The summed E-state index contributed by atoms with van der Waals surface area (Å²) in [5, 5.41) is 12.8. The minimum absolute atomic E-state index is 0.0866. The number of benzene rings is 1. The zero-order valence-corrected chi connectivity index (χ0v) is 19.1. The zero-order chi connectivity index (χ0) is 21.2. The minimum atomic E-state index is -0.0866. The third-order valence-electron chi connectivity index (χ3n) is 5.91. The molecule has 0 amide bonds. The normalized spacial score (nSPS) is 15.0. The van der Waals surface area contributed by atoms with Crippen molar-refractivity contribution in [2.45, 2.75) is 62.4 Å². The molecule has 0 radical (unpaired) electrons. The van der Waals surface area contributed by atoms with E-state index in [2.05, 4.69) is 37.3 Å².